The van der Waals surface area contributed by atoms with Crippen LogP contribution < -0.4 is 0 Å². The molecule has 0 saturated heterocycles. The summed E-state index contributed by atoms with van der Waals surface area (Å²) in [4.78, 5) is 24.9. The van der Waals surface area contributed by atoms with E-state index in [0.717, 1.165) is 0 Å². The minimum Gasteiger partial charge on any atom is -0.356 e. The molecule has 0 amide bonds. The molecule has 13 heavy (non-hydrogen) atoms. The quantitative estimate of drug-likeness (QED) is 0.435. The van der Waals surface area contributed by atoms with Crippen LogP contribution in [0, 0.1) is 81.6 Å². The van der Waals surface area contributed by atoms with E-state index in [9.17, 15) is 0 Å². The molecule has 0 fully saturated rings. The number of nitrogens with zero attached hydrogens (tertiary/aromatic N) is 3. The van der Waals surface area contributed by atoms with E-state index in [1.165, 1.54) is 0 Å². The minimum absolute atomic E-state index is 0. The molecule has 0 radical (unpaired) electrons. The van der Waals surface area contributed by atoms with Gasteiger partial charge in [-0.1, -0.05) is 0 Å². The van der Waals surface area contributed by atoms with Crippen molar-refractivity contribution in [2.75, 3.05) is 0 Å². The van der Waals surface area contributed by atoms with Crippen LogP contribution in [-0.2, 0) is 0 Å². The molecular formula is HN3NdO9-2. The SMILES string of the molecule is O=[N+]([O-])O.O=[N+]([O-])[O-].O=[N+]([O-])[O-].[Nd]. The molecule has 0 atom stereocenters. The van der Waals surface area contributed by atoms with Gasteiger partial charge in [0.1, 0.15) is 0 Å². The molecule has 0 aromatic heterocycles. The van der Waals surface area contributed by atoms with E-state index in [-0.39, 0.29) is 40.8 Å². The fraction of sp³-hybridized carbons (Fsp3) is 0. The number of hydrogen-bond acceptors (Lipinski definition) is 8. The third kappa shape index (κ3) is 797. The Labute approximate surface area is 102 Å². The topological polar surface area (TPSA) is 196 Å². The van der Waals surface area contributed by atoms with Gasteiger partial charge in [-0.25, -0.2) is 0 Å². The van der Waals surface area contributed by atoms with Gasteiger partial charge in [-0.15, -0.1) is 10.1 Å². The van der Waals surface area contributed by atoms with Gasteiger partial charge in [0.15, 0.2) is 0 Å². The molecule has 0 rings (SSSR count). The first-order valence-corrected chi connectivity index (χ1v) is 1.66. The van der Waals surface area contributed by atoms with E-state index in [0.29, 0.717) is 0 Å². The third-order valence-electron chi connectivity index (χ3n) is 0. The molecule has 12 nitrogen and oxygen atoms in total. The molecule has 0 aliphatic rings. The van der Waals surface area contributed by atoms with Crippen LogP contribution in [0.5, 0.6) is 0 Å². The maximum atomic E-state index is 8.36. The monoisotopic (exact) mass is 329 g/mol. The summed E-state index contributed by atoms with van der Waals surface area (Å²) in [5.41, 5.74) is 0. The summed E-state index contributed by atoms with van der Waals surface area (Å²) in [5.74, 6) is 0. The Bertz CT molecular complexity index is 112. The van der Waals surface area contributed by atoms with Crippen molar-refractivity contribution in [3.8, 4) is 0 Å². The van der Waals surface area contributed by atoms with Crippen molar-refractivity contribution in [2.24, 2.45) is 0 Å². The molecule has 0 saturated carbocycles. The van der Waals surface area contributed by atoms with Gasteiger partial charge in [0.2, 0.25) is 0 Å². The van der Waals surface area contributed by atoms with E-state index >= 15 is 0 Å². The van der Waals surface area contributed by atoms with Crippen LogP contribution in [-0.4, -0.2) is 20.5 Å². The van der Waals surface area contributed by atoms with Gasteiger partial charge in [0, 0.05) is 40.8 Å². The molecule has 0 bridgehead atoms. The van der Waals surface area contributed by atoms with Crippen LogP contribution in [0.1, 0.15) is 0 Å². The summed E-state index contributed by atoms with van der Waals surface area (Å²) >= 11 is 0. The van der Waals surface area contributed by atoms with Crippen molar-refractivity contribution in [1.29, 1.82) is 0 Å². The van der Waals surface area contributed by atoms with Crippen LogP contribution in [0.2, 0.25) is 0 Å². The second-order valence-corrected chi connectivity index (χ2v) is 0.685. The molecule has 13 heteroatoms. The zero-order valence-electron chi connectivity index (χ0n) is 5.55. The van der Waals surface area contributed by atoms with Gasteiger partial charge in [0.05, 0.1) is 10.2 Å². The zero-order valence-corrected chi connectivity index (χ0v) is 8.76. The van der Waals surface area contributed by atoms with E-state index in [2.05, 4.69) is 0 Å². The second-order valence-electron chi connectivity index (χ2n) is 0.685. The van der Waals surface area contributed by atoms with Crippen molar-refractivity contribution in [3.05, 3.63) is 40.8 Å². The summed E-state index contributed by atoms with van der Waals surface area (Å²) in [6.07, 6.45) is 0. The normalized spacial score (nSPS) is 5.54. The fourth-order valence-electron chi connectivity index (χ4n) is 0. The summed E-state index contributed by atoms with van der Waals surface area (Å²) in [6.45, 7) is 0. The van der Waals surface area contributed by atoms with Gasteiger partial charge in [-0.3, -0.25) is 0 Å². The van der Waals surface area contributed by atoms with Crippen LogP contribution in [0.25, 0.3) is 0 Å². The van der Waals surface area contributed by atoms with Gasteiger partial charge >= 0.3 is 0 Å². The molecule has 0 spiro atoms. The molecule has 0 unspecified atom stereocenters. The van der Waals surface area contributed by atoms with E-state index < -0.39 is 15.3 Å². The largest absolute Gasteiger partial charge is 0.356 e. The maximum absolute atomic E-state index is 8.36. The Kier molecular flexibility index (Phi) is 29.9. The summed E-state index contributed by atoms with van der Waals surface area (Å²) in [5, 5.41) is 43.1. The van der Waals surface area contributed by atoms with Gasteiger partial charge in [-0.2, -0.15) is 0 Å². The summed E-state index contributed by atoms with van der Waals surface area (Å²) in [7, 11) is 0. The minimum atomic E-state index is -1.75. The molecular weight excluding hydrogens is 330 g/mol. The second kappa shape index (κ2) is 17.2. The Morgan fingerprint density at radius 2 is 0.769 bits per heavy atom. The molecule has 1 N–H and O–H groups in total. The molecule has 0 aromatic carbocycles. The summed E-state index contributed by atoms with van der Waals surface area (Å²) in [6, 6.07) is 0. The predicted octanol–water partition coefficient (Wildman–Crippen LogP) is -0.826. The Morgan fingerprint density at radius 3 is 0.769 bits per heavy atom. The molecule has 0 aliphatic carbocycles. The fourth-order valence-corrected chi connectivity index (χ4v) is 0. The van der Waals surface area contributed by atoms with Gasteiger partial charge < -0.3 is 35.9 Å². The van der Waals surface area contributed by atoms with E-state index in [1.807, 2.05) is 0 Å². The standard InChI is InChI=1S/HNO3.2NO3.Nd/c3*2-1(3)4;/h(H,2,3,4);;;/q;2*-1;. The average molecular weight is 331 g/mol. The van der Waals surface area contributed by atoms with Gasteiger partial charge in [-0.05, 0) is 0 Å². The van der Waals surface area contributed by atoms with Gasteiger partial charge in [0.25, 0.3) is 5.09 Å². The Morgan fingerprint density at radius 1 is 0.769 bits per heavy atom. The van der Waals surface area contributed by atoms with Crippen molar-refractivity contribution in [3.63, 3.8) is 0 Å². The maximum Gasteiger partial charge on any atom is 0.291 e. The number of rotatable bonds is 0. The zero-order chi connectivity index (χ0) is 10.7. The molecule has 76 valence electrons. The Balaban J connectivity index is -0.0000000450. The third-order valence-corrected chi connectivity index (χ3v) is 0. The van der Waals surface area contributed by atoms with Crippen molar-refractivity contribution in [1.82, 2.24) is 0 Å². The first kappa shape index (κ1) is 22.7. The van der Waals surface area contributed by atoms with Crippen LogP contribution in [0.15, 0.2) is 0 Å². The molecule has 0 aliphatic heterocycles. The average Bonchev–Trinajstić information content (AvgIpc) is 1.54. The van der Waals surface area contributed by atoms with Crippen LogP contribution in [0.3, 0.4) is 0 Å². The smallest absolute Gasteiger partial charge is 0.291 e. The first-order valence-electron chi connectivity index (χ1n) is 1.66. The molecule has 0 aromatic rings. The van der Waals surface area contributed by atoms with Crippen molar-refractivity contribution in [2.45, 2.75) is 0 Å². The predicted molar refractivity (Wildman–Crippen MR) is 29.5 cm³/mol. The van der Waals surface area contributed by atoms with Crippen LogP contribution >= 0.6 is 0 Å². The van der Waals surface area contributed by atoms with Crippen molar-refractivity contribution >= 4 is 0 Å². The number of hydrogen-bond donors (Lipinski definition) is 1. The summed E-state index contributed by atoms with van der Waals surface area (Å²) < 4.78 is 0. The Hall–Kier alpha value is -1.05. The molecule has 0 heterocycles. The van der Waals surface area contributed by atoms with Crippen LogP contribution in [0.4, 0.5) is 0 Å². The van der Waals surface area contributed by atoms with Crippen molar-refractivity contribution < 1.29 is 61.3 Å². The van der Waals surface area contributed by atoms with E-state index in [1.54, 1.807) is 0 Å². The van der Waals surface area contributed by atoms with E-state index in [4.69, 9.17) is 46.0 Å². The first-order chi connectivity index (χ1) is 5.20.